The fourth-order valence-corrected chi connectivity index (χ4v) is 3.60. The third-order valence-corrected chi connectivity index (χ3v) is 5.00. The number of nitrogens with one attached hydrogen (secondary N) is 3. The maximum Gasteiger partial charge on any atom is 0.263 e. The van der Waals surface area contributed by atoms with Crippen molar-refractivity contribution in [2.75, 3.05) is 11.3 Å². The molecule has 1 aromatic carbocycles. The molecule has 0 aliphatic heterocycles. The highest BCUT2D eigenvalue weighted by molar-refractivity contribution is 14.1. The molecule has 0 saturated carbocycles. The molecule has 5 nitrogen and oxygen atoms in total. The maximum atomic E-state index is 13.0. The van der Waals surface area contributed by atoms with E-state index >= 15 is 0 Å². The molecule has 0 bridgehead atoms. The Balaban J connectivity index is 2.19. The van der Waals surface area contributed by atoms with Gasteiger partial charge in [0.25, 0.3) is 10.0 Å². The molecule has 1 heterocycles. The molecule has 8 heteroatoms. The van der Waals surface area contributed by atoms with E-state index in [-0.39, 0.29) is 4.90 Å². The number of hydrogen-bond acceptors (Lipinski definition) is 3. The number of hydrogen-bond donors (Lipinski definition) is 3. The minimum absolute atomic E-state index is 0.149. The van der Waals surface area contributed by atoms with Gasteiger partial charge in [0.2, 0.25) is 0 Å². The minimum atomic E-state index is -3.69. The van der Waals surface area contributed by atoms with Gasteiger partial charge in [0.05, 0.1) is 5.69 Å². The third kappa shape index (κ3) is 4.17. The molecule has 114 valence electrons. The number of halogens is 2. The standard InChI is InChI=1S/C13H15FIN3O2S/c1-2-16-7-10-6-11(8-17-10)21(19,20)18-13-4-3-9(14)5-12(13)15/h3-6,8,16-18H,2,7H2,1H3. The molecule has 0 unspecified atom stereocenters. The first-order valence-corrected chi connectivity index (χ1v) is 8.84. The van der Waals surface area contributed by atoms with Crippen molar-refractivity contribution in [3.63, 3.8) is 0 Å². The normalized spacial score (nSPS) is 11.6. The van der Waals surface area contributed by atoms with Crippen LogP contribution in [0.4, 0.5) is 10.1 Å². The molecule has 0 radical (unpaired) electrons. The zero-order chi connectivity index (χ0) is 15.5. The van der Waals surface area contributed by atoms with Crippen molar-refractivity contribution in [2.24, 2.45) is 0 Å². The van der Waals surface area contributed by atoms with Crippen LogP contribution in [0.25, 0.3) is 0 Å². The van der Waals surface area contributed by atoms with E-state index < -0.39 is 15.8 Å². The Morgan fingerprint density at radius 3 is 2.76 bits per heavy atom. The molecule has 0 aliphatic carbocycles. The zero-order valence-corrected chi connectivity index (χ0v) is 14.3. The lowest BCUT2D eigenvalue weighted by atomic mass is 10.3. The molecule has 21 heavy (non-hydrogen) atoms. The van der Waals surface area contributed by atoms with Gasteiger partial charge in [-0.25, -0.2) is 12.8 Å². The summed E-state index contributed by atoms with van der Waals surface area (Å²) in [6, 6.07) is 5.46. The summed E-state index contributed by atoms with van der Waals surface area (Å²) >= 11 is 1.88. The predicted molar refractivity (Wildman–Crippen MR) is 88.1 cm³/mol. The molecule has 1 aromatic heterocycles. The largest absolute Gasteiger partial charge is 0.363 e. The van der Waals surface area contributed by atoms with Crippen LogP contribution in [0.5, 0.6) is 0 Å². The predicted octanol–water partition coefficient (Wildman–Crippen LogP) is 2.67. The first-order valence-electron chi connectivity index (χ1n) is 6.28. The van der Waals surface area contributed by atoms with Crippen LogP contribution < -0.4 is 10.0 Å². The summed E-state index contributed by atoms with van der Waals surface area (Å²) in [7, 11) is -3.69. The molecular weight excluding hydrogens is 408 g/mol. The summed E-state index contributed by atoms with van der Waals surface area (Å²) in [6.07, 6.45) is 1.44. The summed E-state index contributed by atoms with van der Waals surface area (Å²) < 4.78 is 40.5. The van der Waals surface area contributed by atoms with Crippen LogP contribution in [-0.2, 0) is 16.6 Å². The number of aromatic nitrogens is 1. The van der Waals surface area contributed by atoms with Gasteiger partial charge < -0.3 is 10.3 Å². The summed E-state index contributed by atoms with van der Waals surface area (Å²) in [5.74, 6) is -0.406. The minimum Gasteiger partial charge on any atom is -0.363 e. The van der Waals surface area contributed by atoms with Crippen molar-refractivity contribution in [3.8, 4) is 0 Å². The monoisotopic (exact) mass is 423 g/mol. The lowest BCUT2D eigenvalue weighted by molar-refractivity contribution is 0.601. The number of H-pyrrole nitrogens is 1. The lowest BCUT2D eigenvalue weighted by Gasteiger charge is -2.08. The smallest absolute Gasteiger partial charge is 0.263 e. The highest BCUT2D eigenvalue weighted by Crippen LogP contribution is 2.23. The number of sulfonamides is 1. The molecule has 3 N–H and O–H groups in total. The van der Waals surface area contributed by atoms with Crippen molar-refractivity contribution < 1.29 is 12.8 Å². The van der Waals surface area contributed by atoms with E-state index in [9.17, 15) is 12.8 Å². The average molecular weight is 423 g/mol. The van der Waals surface area contributed by atoms with Crippen molar-refractivity contribution in [2.45, 2.75) is 18.4 Å². The van der Waals surface area contributed by atoms with Gasteiger partial charge in [-0.3, -0.25) is 4.72 Å². The van der Waals surface area contributed by atoms with Gasteiger partial charge in [-0.15, -0.1) is 0 Å². The topological polar surface area (TPSA) is 74.0 Å². The van der Waals surface area contributed by atoms with Gasteiger partial charge in [-0.05, 0) is 53.4 Å². The molecule has 0 saturated heterocycles. The van der Waals surface area contributed by atoms with E-state index in [4.69, 9.17) is 0 Å². The van der Waals surface area contributed by atoms with Gasteiger partial charge in [0, 0.05) is 22.0 Å². The maximum absolute atomic E-state index is 13.0. The van der Waals surface area contributed by atoms with Crippen LogP contribution in [0, 0.1) is 9.39 Å². The molecule has 0 atom stereocenters. The molecule has 2 aromatic rings. The first kappa shape index (κ1) is 16.2. The van der Waals surface area contributed by atoms with Gasteiger partial charge in [-0.2, -0.15) is 0 Å². The molecule has 0 fully saturated rings. The van der Waals surface area contributed by atoms with E-state index in [1.165, 1.54) is 24.4 Å². The van der Waals surface area contributed by atoms with Crippen LogP contribution >= 0.6 is 22.6 Å². The highest BCUT2D eigenvalue weighted by atomic mass is 127. The van der Waals surface area contributed by atoms with Crippen LogP contribution in [0.1, 0.15) is 12.6 Å². The van der Waals surface area contributed by atoms with Crippen LogP contribution in [-0.4, -0.2) is 19.9 Å². The molecule has 0 aliphatic rings. The number of anilines is 1. The molecule has 0 spiro atoms. The van der Waals surface area contributed by atoms with E-state index in [2.05, 4.69) is 15.0 Å². The quantitative estimate of drug-likeness (QED) is 0.626. The fourth-order valence-electron chi connectivity index (χ4n) is 1.71. The second kappa shape index (κ2) is 6.75. The Bertz CT molecular complexity index is 731. The van der Waals surface area contributed by atoms with Crippen molar-refractivity contribution in [1.29, 1.82) is 0 Å². The summed E-state index contributed by atoms with van der Waals surface area (Å²) in [5.41, 5.74) is 1.14. The van der Waals surface area contributed by atoms with Crippen molar-refractivity contribution >= 4 is 38.3 Å². The van der Waals surface area contributed by atoms with Gasteiger partial charge in [0.1, 0.15) is 10.7 Å². The number of aromatic amines is 1. The van der Waals surface area contributed by atoms with Crippen LogP contribution in [0.15, 0.2) is 35.4 Å². The van der Waals surface area contributed by atoms with Crippen molar-refractivity contribution in [1.82, 2.24) is 10.3 Å². The number of rotatable bonds is 6. The Morgan fingerprint density at radius 2 is 2.10 bits per heavy atom. The Kier molecular flexibility index (Phi) is 5.22. The average Bonchev–Trinajstić information content (AvgIpc) is 2.89. The molecule has 2 rings (SSSR count). The SMILES string of the molecule is CCNCc1cc(S(=O)(=O)Nc2ccc(F)cc2I)c[nH]1. The fraction of sp³-hybridized carbons (Fsp3) is 0.231. The van der Waals surface area contributed by atoms with E-state index in [1.54, 1.807) is 6.07 Å². The zero-order valence-electron chi connectivity index (χ0n) is 11.3. The lowest BCUT2D eigenvalue weighted by Crippen LogP contribution is -2.13. The second-order valence-corrected chi connectivity index (χ2v) is 7.22. The van der Waals surface area contributed by atoms with Crippen molar-refractivity contribution in [3.05, 3.63) is 45.5 Å². The number of benzene rings is 1. The van der Waals surface area contributed by atoms with E-state index in [0.29, 0.717) is 15.8 Å². The molecule has 0 amide bonds. The molecular formula is C13H15FIN3O2S. The van der Waals surface area contributed by atoms with Gasteiger partial charge >= 0.3 is 0 Å². The Labute approximate surface area is 136 Å². The summed E-state index contributed by atoms with van der Waals surface area (Å²) in [4.78, 5) is 3.06. The van der Waals surface area contributed by atoms with E-state index in [1.807, 2.05) is 29.5 Å². The second-order valence-electron chi connectivity index (χ2n) is 4.37. The highest BCUT2D eigenvalue weighted by Gasteiger charge is 2.17. The first-order chi connectivity index (χ1) is 9.92. The summed E-state index contributed by atoms with van der Waals surface area (Å²) in [5, 5.41) is 3.11. The van der Waals surface area contributed by atoms with Crippen LogP contribution in [0.3, 0.4) is 0 Å². The van der Waals surface area contributed by atoms with Crippen LogP contribution in [0.2, 0.25) is 0 Å². The Hall–Kier alpha value is -1.13. The van der Waals surface area contributed by atoms with E-state index in [0.717, 1.165) is 12.2 Å². The summed E-state index contributed by atoms with van der Waals surface area (Å²) in [6.45, 7) is 3.34. The van der Waals surface area contributed by atoms with Gasteiger partial charge in [-0.1, -0.05) is 6.92 Å². The Morgan fingerprint density at radius 1 is 1.33 bits per heavy atom. The van der Waals surface area contributed by atoms with Gasteiger partial charge in [0.15, 0.2) is 0 Å². The third-order valence-electron chi connectivity index (χ3n) is 2.77.